The summed E-state index contributed by atoms with van der Waals surface area (Å²) >= 11 is 0. The molecule has 2 N–H and O–H groups in total. The zero-order valence-electron chi connectivity index (χ0n) is 14.0. The minimum Gasteiger partial charge on any atom is -0.388 e. The van der Waals surface area contributed by atoms with Gasteiger partial charge < -0.3 is 10.4 Å². The van der Waals surface area contributed by atoms with Crippen LogP contribution in [0.1, 0.15) is 70.8 Å². The Bertz CT molecular complexity index is 487. The lowest BCUT2D eigenvalue weighted by Crippen LogP contribution is -2.42. The molecule has 0 unspecified atom stereocenters. The van der Waals surface area contributed by atoms with Gasteiger partial charge in [-0.15, -0.1) is 0 Å². The number of aliphatic hydroxyl groups is 1. The zero-order chi connectivity index (χ0) is 15.7. The fourth-order valence-corrected chi connectivity index (χ4v) is 2.76. The molecule has 0 amide bonds. The van der Waals surface area contributed by atoms with E-state index in [4.69, 9.17) is 0 Å². The van der Waals surface area contributed by atoms with E-state index in [2.05, 4.69) is 43.0 Å². The van der Waals surface area contributed by atoms with Crippen LogP contribution < -0.4 is 5.32 Å². The monoisotopic (exact) mass is 291 g/mol. The summed E-state index contributed by atoms with van der Waals surface area (Å²) in [5.74, 6) is 1.99. The molecule has 1 aromatic rings. The largest absolute Gasteiger partial charge is 0.388 e. The van der Waals surface area contributed by atoms with Crippen LogP contribution in [0.15, 0.2) is 6.07 Å². The van der Waals surface area contributed by atoms with Gasteiger partial charge in [0.15, 0.2) is 0 Å². The van der Waals surface area contributed by atoms with E-state index in [0.717, 1.165) is 43.0 Å². The predicted octanol–water partition coefficient (Wildman–Crippen LogP) is 3.65. The number of rotatable bonds is 4. The van der Waals surface area contributed by atoms with Gasteiger partial charge >= 0.3 is 0 Å². The Balaban J connectivity index is 2.00. The first kappa shape index (κ1) is 16.2. The summed E-state index contributed by atoms with van der Waals surface area (Å²) in [6.07, 6.45) is 3.86. The van der Waals surface area contributed by atoms with Crippen LogP contribution in [-0.4, -0.2) is 27.2 Å². The molecule has 1 aliphatic carbocycles. The number of hydrogen-bond donors (Lipinski definition) is 2. The molecule has 1 heterocycles. The van der Waals surface area contributed by atoms with Gasteiger partial charge in [-0.3, -0.25) is 0 Å². The third kappa shape index (κ3) is 4.40. The maximum absolute atomic E-state index is 10.7. The van der Waals surface area contributed by atoms with Crippen molar-refractivity contribution >= 4 is 5.82 Å². The van der Waals surface area contributed by atoms with Crippen molar-refractivity contribution in [1.82, 2.24) is 9.97 Å². The number of anilines is 1. The van der Waals surface area contributed by atoms with Gasteiger partial charge in [0.05, 0.1) is 5.60 Å². The Morgan fingerprint density at radius 1 is 1.19 bits per heavy atom. The molecule has 0 aliphatic heterocycles. The van der Waals surface area contributed by atoms with Gasteiger partial charge in [0.2, 0.25) is 0 Å². The number of nitrogens with zero attached hydrogens (tertiary/aromatic N) is 2. The SMILES string of the molecule is Cc1cc(NCC2(O)CCC(C)(C)CC2)nc(C(C)C)n1. The minimum atomic E-state index is -0.605. The van der Waals surface area contributed by atoms with E-state index in [0.29, 0.717) is 17.9 Å². The van der Waals surface area contributed by atoms with Crippen LogP contribution in [0.4, 0.5) is 5.82 Å². The molecule has 0 saturated heterocycles. The molecule has 0 radical (unpaired) electrons. The van der Waals surface area contributed by atoms with Crippen molar-refractivity contribution in [2.45, 2.75) is 71.8 Å². The third-order valence-electron chi connectivity index (χ3n) is 4.52. The Kier molecular flexibility index (Phi) is 4.57. The van der Waals surface area contributed by atoms with Crippen molar-refractivity contribution in [3.8, 4) is 0 Å². The van der Waals surface area contributed by atoms with Gasteiger partial charge in [-0.2, -0.15) is 0 Å². The van der Waals surface area contributed by atoms with E-state index in [9.17, 15) is 5.11 Å². The van der Waals surface area contributed by atoms with Crippen LogP contribution in [0.5, 0.6) is 0 Å². The maximum Gasteiger partial charge on any atom is 0.133 e. The van der Waals surface area contributed by atoms with Crippen molar-refractivity contribution in [2.75, 3.05) is 11.9 Å². The van der Waals surface area contributed by atoms with Crippen LogP contribution in [0, 0.1) is 12.3 Å². The van der Waals surface area contributed by atoms with E-state index in [-0.39, 0.29) is 0 Å². The molecule has 1 fully saturated rings. The van der Waals surface area contributed by atoms with Crippen molar-refractivity contribution in [1.29, 1.82) is 0 Å². The molecule has 4 heteroatoms. The maximum atomic E-state index is 10.7. The first-order valence-corrected chi connectivity index (χ1v) is 8.01. The second-order valence-electron chi connectivity index (χ2n) is 7.65. The lowest BCUT2D eigenvalue weighted by atomic mass is 9.71. The molecule has 2 rings (SSSR count). The van der Waals surface area contributed by atoms with Crippen LogP contribution >= 0.6 is 0 Å². The van der Waals surface area contributed by atoms with E-state index < -0.39 is 5.60 Å². The Morgan fingerprint density at radius 3 is 2.38 bits per heavy atom. The van der Waals surface area contributed by atoms with Crippen molar-refractivity contribution in [3.63, 3.8) is 0 Å². The predicted molar refractivity (Wildman–Crippen MR) is 86.5 cm³/mol. The molecule has 0 spiro atoms. The quantitative estimate of drug-likeness (QED) is 0.889. The van der Waals surface area contributed by atoms with Gasteiger partial charge in [-0.1, -0.05) is 27.7 Å². The highest BCUT2D eigenvalue weighted by atomic mass is 16.3. The van der Waals surface area contributed by atoms with Gasteiger partial charge in [-0.05, 0) is 38.0 Å². The van der Waals surface area contributed by atoms with Gasteiger partial charge in [0, 0.05) is 24.2 Å². The Hall–Kier alpha value is -1.16. The van der Waals surface area contributed by atoms with Gasteiger partial charge in [-0.25, -0.2) is 9.97 Å². The van der Waals surface area contributed by atoms with Crippen molar-refractivity contribution in [3.05, 3.63) is 17.6 Å². The number of nitrogens with one attached hydrogen (secondary N) is 1. The van der Waals surface area contributed by atoms with E-state index in [1.54, 1.807) is 0 Å². The van der Waals surface area contributed by atoms with Crippen molar-refractivity contribution in [2.24, 2.45) is 5.41 Å². The number of aromatic nitrogens is 2. The summed E-state index contributed by atoms with van der Waals surface area (Å²) in [7, 11) is 0. The summed E-state index contributed by atoms with van der Waals surface area (Å²) in [6.45, 7) is 11.3. The molecule has 118 valence electrons. The van der Waals surface area contributed by atoms with Gasteiger partial charge in [0.1, 0.15) is 11.6 Å². The van der Waals surface area contributed by atoms with Crippen LogP contribution in [-0.2, 0) is 0 Å². The molecule has 0 atom stereocenters. The summed E-state index contributed by atoms with van der Waals surface area (Å²) in [5.41, 5.74) is 0.725. The fraction of sp³-hybridized carbons (Fsp3) is 0.765. The smallest absolute Gasteiger partial charge is 0.133 e. The van der Waals surface area contributed by atoms with Crippen LogP contribution in [0.25, 0.3) is 0 Å². The molecule has 21 heavy (non-hydrogen) atoms. The average molecular weight is 291 g/mol. The molecule has 0 aromatic carbocycles. The van der Waals surface area contributed by atoms with E-state index >= 15 is 0 Å². The number of hydrogen-bond acceptors (Lipinski definition) is 4. The fourth-order valence-electron chi connectivity index (χ4n) is 2.76. The molecular formula is C17H29N3O. The first-order valence-electron chi connectivity index (χ1n) is 8.01. The van der Waals surface area contributed by atoms with Crippen LogP contribution in [0.2, 0.25) is 0 Å². The lowest BCUT2D eigenvalue weighted by molar-refractivity contribution is -0.0145. The highest BCUT2D eigenvalue weighted by Gasteiger charge is 2.36. The minimum absolute atomic E-state index is 0.309. The van der Waals surface area contributed by atoms with Crippen LogP contribution in [0.3, 0.4) is 0 Å². The summed E-state index contributed by atoms with van der Waals surface area (Å²) in [4.78, 5) is 8.99. The summed E-state index contributed by atoms with van der Waals surface area (Å²) in [6, 6.07) is 1.95. The normalized spacial score (nSPS) is 20.5. The number of aryl methyl sites for hydroxylation is 1. The first-order chi connectivity index (χ1) is 9.69. The molecule has 4 nitrogen and oxygen atoms in total. The second-order valence-corrected chi connectivity index (χ2v) is 7.65. The standard InChI is InChI=1S/C17H29N3O/c1-12(2)15-19-13(3)10-14(20-15)18-11-17(21)8-6-16(4,5)7-9-17/h10,12,21H,6-9,11H2,1-5H3,(H,18,19,20). The van der Waals surface area contributed by atoms with Crippen molar-refractivity contribution < 1.29 is 5.11 Å². The molecule has 1 aliphatic rings. The van der Waals surface area contributed by atoms with Gasteiger partial charge in [0.25, 0.3) is 0 Å². The third-order valence-corrected chi connectivity index (χ3v) is 4.52. The highest BCUT2D eigenvalue weighted by Crippen LogP contribution is 2.40. The highest BCUT2D eigenvalue weighted by molar-refractivity contribution is 5.36. The average Bonchev–Trinajstić information content (AvgIpc) is 2.40. The van der Waals surface area contributed by atoms with E-state index in [1.165, 1.54) is 0 Å². The summed E-state index contributed by atoms with van der Waals surface area (Å²) in [5, 5.41) is 14.0. The molecular weight excluding hydrogens is 262 g/mol. The lowest BCUT2D eigenvalue weighted by Gasteiger charge is -2.40. The molecule has 1 saturated carbocycles. The van der Waals surface area contributed by atoms with E-state index in [1.807, 2.05) is 13.0 Å². The zero-order valence-corrected chi connectivity index (χ0v) is 14.0. The molecule has 1 aromatic heterocycles. The second kappa shape index (κ2) is 5.91. The summed E-state index contributed by atoms with van der Waals surface area (Å²) < 4.78 is 0. The Labute approximate surface area is 128 Å². The Morgan fingerprint density at radius 2 is 1.81 bits per heavy atom. The topological polar surface area (TPSA) is 58.0 Å². The molecule has 0 bridgehead atoms.